The molecule has 0 bridgehead atoms. The van der Waals surface area contributed by atoms with Crippen LogP contribution in [0.25, 0.3) is 11.8 Å². The maximum Gasteiger partial charge on any atom is 0.338 e. The van der Waals surface area contributed by atoms with E-state index in [0.29, 0.717) is 16.3 Å². The number of carboxylic acid groups (broad SMARTS) is 1. The number of nitrogens with zero attached hydrogens (tertiary/aromatic N) is 4. The van der Waals surface area contributed by atoms with Gasteiger partial charge in [-0.2, -0.15) is 4.68 Å². The van der Waals surface area contributed by atoms with Crippen molar-refractivity contribution in [2.75, 3.05) is 5.32 Å². The number of hydrogen-bond acceptors (Lipinski definition) is 6. The molecule has 0 saturated carbocycles. The van der Waals surface area contributed by atoms with Gasteiger partial charge in [-0.05, 0) is 58.5 Å². The summed E-state index contributed by atoms with van der Waals surface area (Å²) < 4.78 is 15.5. The highest BCUT2D eigenvalue weighted by Crippen LogP contribution is 2.20. The van der Waals surface area contributed by atoms with Crippen molar-refractivity contribution >= 4 is 41.1 Å². The second-order valence-corrected chi connectivity index (χ2v) is 8.47. The molecule has 2 amide bonds. The van der Waals surface area contributed by atoms with E-state index >= 15 is 0 Å². The second-order valence-electron chi connectivity index (χ2n) is 8.03. The number of aromatic nitrogens is 4. The number of hydrogen-bond donors (Lipinski definition) is 3. The van der Waals surface area contributed by atoms with E-state index in [-0.39, 0.29) is 12.1 Å². The average Bonchev–Trinajstić information content (AvgIpc) is 3.42. The van der Waals surface area contributed by atoms with Crippen LogP contribution < -0.4 is 10.6 Å². The molecule has 0 aliphatic carbocycles. The molecule has 4 aromatic rings. The third-order valence-corrected chi connectivity index (χ3v) is 5.62. The number of benzene rings is 3. The Balaban J connectivity index is 1.53. The van der Waals surface area contributed by atoms with Crippen molar-refractivity contribution < 1.29 is 23.9 Å². The molecule has 1 heterocycles. The Labute approximate surface area is 220 Å². The summed E-state index contributed by atoms with van der Waals surface area (Å²) in [7, 11) is 0. The zero-order valence-electron chi connectivity index (χ0n) is 19.6. The first-order valence-electron chi connectivity index (χ1n) is 11.2. The van der Waals surface area contributed by atoms with Gasteiger partial charge in [-0.3, -0.25) is 9.59 Å². The monoisotopic (exact) mass is 534 g/mol. The van der Waals surface area contributed by atoms with Gasteiger partial charge in [0.2, 0.25) is 11.8 Å². The smallest absolute Gasteiger partial charge is 0.338 e. The Morgan fingerprint density at radius 2 is 1.87 bits per heavy atom. The zero-order valence-corrected chi connectivity index (χ0v) is 20.3. The molecule has 1 atom stereocenters. The SMILES string of the molecule is O=C(C=Cc1cc(Cl)ccc1-n1cnnn1)N[C@@H](Cc1ccccc1)C(=O)Nc1ccc(C(=O)O)c(F)c1. The predicted molar refractivity (Wildman–Crippen MR) is 137 cm³/mol. The summed E-state index contributed by atoms with van der Waals surface area (Å²) in [5.41, 5.74) is 1.43. The number of amides is 2. The number of aromatic carboxylic acids is 1. The minimum atomic E-state index is -1.43. The molecule has 12 heteroatoms. The molecule has 10 nitrogen and oxygen atoms in total. The van der Waals surface area contributed by atoms with Gasteiger partial charge < -0.3 is 15.7 Å². The van der Waals surface area contributed by atoms with Gasteiger partial charge in [0.15, 0.2) is 0 Å². The predicted octanol–water partition coefficient (Wildman–Crippen LogP) is 3.53. The summed E-state index contributed by atoms with van der Waals surface area (Å²) in [4.78, 5) is 37.0. The molecule has 0 aliphatic heterocycles. The summed E-state index contributed by atoms with van der Waals surface area (Å²) in [5.74, 6) is -3.61. The average molecular weight is 535 g/mol. The summed E-state index contributed by atoms with van der Waals surface area (Å²) in [6.07, 6.45) is 4.30. The van der Waals surface area contributed by atoms with Crippen LogP contribution in [-0.4, -0.2) is 49.1 Å². The first-order valence-corrected chi connectivity index (χ1v) is 11.6. The summed E-state index contributed by atoms with van der Waals surface area (Å²) in [6, 6.07) is 16.2. The van der Waals surface area contributed by atoms with Gasteiger partial charge in [0.25, 0.3) is 0 Å². The topological polar surface area (TPSA) is 139 Å². The van der Waals surface area contributed by atoms with Crippen molar-refractivity contribution in [3.05, 3.63) is 107 Å². The van der Waals surface area contributed by atoms with Crippen molar-refractivity contribution in [3.63, 3.8) is 0 Å². The van der Waals surface area contributed by atoms with Crippen LogP contribution in [0.3, 0.4) is 0 Å². The molecule has 0 radical (unpaired) electrons. The highest BCUT2D eigenvalue weighted by molar-refractivity contribution is 6.30. The van der Waals surface area contributed by atoms with E-state index < -0.39 is 35.2 Å². The number of carbonyl (C=O) groups is 3. The summed E-state index contributed by atoms with van der Waals surface area (Å²) in [6.45, 7) is 0. The molecule has 3 aromatic carbocycles. The van der Waals surface area contributed by atoms with Crippen LogP contribution in [0.4, 0.5) is 10.1 Å². The van der Waals surface area contributed by atoms with Gasteiger partial charge in [0, 0.05) is 28.8 Å². The standard InChI is InChI=1S/C26H20ClFN6O4/c27-18-7-10-23(34-15-29-32-33-34)17(13-18)6-11-24(35)31-22(12-16-4-2-1-3-5-16)25(36)30-19-8-9-20(26(37)38)21(28)14-19/h1-11,13-15,22H,12H2,(H,30,36)(H,31,35)(H,37,38)/t22-/m0/s1. The molecule has 3 N–H and O–H groups in total. The summed E-state index contributed by atoms with van der Waals surface area (Å²) in [5, 5.41) is 25.7. The molecular weight excluding hydrogens is 515 g/mol. The Kier molecular flexibility index (Phi) is 8.19. The lowest BCUT2D eigenvalue weighted by atomic mass is 10.0. The maximum absolute atomic E-state index is 14.1. The maximum atomic E-state index is 14.1. The summed E-state index contributed by atoms with van der Waals surface area (Å²) >= 11 is 6.12. The van der Waals surface area contributed by atoms with Gasteiger partial charge in [0.1, 0.15) is 18.2 Å². The van der Waals surface area contributed by atoms with Crippen molar-refractivity contribution in [1.29, 1.82) is 0 Å². The first-order chi connectivity index (χ1) is 18.3. The normalized spacial score (nSPS) is 11.7. The quantitative estimate of drug-likeness (QED) is 0.279. The minimum absolute atomic E-state index is 0.0466. The van der Waals surface area contributed by atoms with Crippen LogP contribution >= 0.6 is 11.6 Å². The lowest BCUT2D eigenvalue weighted by molar-refractivity contribution is -0.123. The Bertz CT molecular complexity index is 1500. The molecule has 192 valence electrons. The van der Waals surface area contributed by atoms with Crippen LogP contribution in [0.15, 0.2) is 79.1 Å². The van der Waals surface area contributed by atoms with Crippen LogP contribution in [0.5, 0.6) is 0 Å². The van der Waals surface area contributed by atoms with Crippen molar-refractivity contribution in [1.82, 2.24) is 25.5 Å². The van der Waals surface area contributed by atoms with Gasteiger partial charge in [-0.1, -0.05) is 41.9 Å². The van der Waals surface area contributed by atoms with E-state index in [2.05, 4.69) is 26.2 Å². The van der Waals surface area contributed by atoms with E-state index in [1.807, 2.05) is 6.07 Å². The highest BCUT2D eigenvalue weighted by Gasteiger charge is 2.22. The minimum Gasteiger partial charge on any atom is -0.478 e. The van der Waals surface area contributed by atoms with Gasteiger partial charge in [-0.25, -0.2) is 9.18 Å². The van der Waals surface area contributed by atoms with E-state index in [1.165, 1.54) is 29.2 Å². The fourth-order valence-electron chi connectivity index (χ4n) is 3.58. The first kappa shape index (κ1) is 26.2. The highest BCUT2D eigenvalue weighted by atomic mass is 35.5. The lowest BCUT2D eigenvalue weighted by Gasteiger charge is -2.18. The zero-order chi connectivity index (χ0) is 27.1. The van der Waals surface area contributed by atoms with Gasteiger partial charge in [0.05, 0.1) is 11.3 Å². The van der Waals surface area contributed by atoms with Crippen molar-refractivity contribution in [3.8, 4) is 5.69 Å². The number of carboxylic acids is 1. The van der Waals surface area contributed by atoms with E-state index in [0.717, 1.165) is 17.7 Å². The second kappa shape index (κ2) is 11.9. The number of anilines is 1. The number of rotatable bonds is 9. The fraction of sp³-hybridized carbons (Fsp3) is 0.0769. The largest absolute Gasteiger partial charge is 0.478 e. The van der Waals surface area contributed by atoms with Crippen LogP contribution in [0.2, 0.25) is 5.02 Å². The molecule has 0 aliphatic rings. The molecule has 0 fully saturated rings. The number of tetrazole rings is 1. The molecule has 1 aromatic heterocycles. The molecule has 4 rings (SSSR count). The molecule has 0 unspecified atom stereocenters. The third-order valence-electron chi connectivity index (χ3n) is 5.38. The van der Waals surface area contributed by atoms with Gasteiger partial charge in [-0.15, -0.1) is 5.10 Å². The molecule has 0 saturated heterocycles. The Morgan fingerprint density at radius 1 is 1.08 bits per heavy atom. The van der Waals surface area contributed by atoms with E-state index in [1.54, 1.807) is 42.5 Å². The Hall–Kier alpha value is -4.90. The number of nitrogens with one attached hydrogen (secondary N) is 2. The van der Waals surface area contributed by atoms with E-state index in [4.69, 9.17) is 16.7 Å². The van der Waals surface area contributed by atoms with E-state index in [9.17, 15) is 18.8 Å². The Morgan fingerprint density at radius 3 is 2.55 bits per heavy atom. The third kappa shape index (κ3) is 6.65. The molecule has 38 heavy (non-hydrogen) atoms. The number of carbonyl (C=O) groups excluding carboxylic acids is 2. The van der Waals surface area contributed by atoms with Crippen molar-refractivity contribution in [2.45, 2.75) is 12.5 Å². The van der Waals surface area contributed by atoms with Crippen LogP contribution in [0, 0.1) is 5.82 Å². The van der Waals surface area contributed by atoms with Crippen LogP contribution in [-0.2, 0) is 16.0 Å². The van der Waals surface area contributed by atoms with Crippen LogP contribution in [0.1, 0.15) is 21.5 Å². The number of halogens is 2. The molecule has 0 spiro atoms. The molecular formula is C26H20ClFN6O4. The fourth-order valence-corrected chi connectivity index (χ4v) is 3.76. The van der Waals surface area contributed by atoms with Gasteiger partial charge >= 0.3 is 5.97 Å². The van der Waals surface area contributed by atoms with Crippen molar-refractivity contribution in [2.24, 2.45) is 0 Å². The lowest BCUT2D eigenvalue weighted by Crippen LogP contribution is -2.44.